The van der Waals surface area contributed by atoms with Crippen molar-refractivity contribution in [2.45, 2.75) is 33.1 Å². The summed E-state index contributed by atoms with van der Waals surface area (Å²) in [6.45, 7) is 5.60. The van der Waals surface area contributed by atoms with E-state index in [0.29, 0.717) is 18.9 Å². The Bertz CT molecular complexity index is 359. The zero-order chi connectivity index (χ0) is 13.4. The summed E-state index contributed by atoms with van der Waals surface area (Å²) in [6.07, 6.45) is 2.49. The molecule has 1 unspecified atom stereocenters. The van der Waals surface area contributed by atoms with Crippen molar-refractivity contribution in [3.8, 4) is 0 Å². The first-order valence-corrected chi connectivity index (χ1v) is 6.68. The first-order chi connectivity index (χ1) is 8.65. The van der Waals surface area contributed by atoms with Crippen molar-refractivity contribution in [1.82, 2.24) is 5.32 Å². The standard InChI is InChI=1S/C15H24N2O/c1-3-13(8-9-16)11-17-15(18)10-14-6-4-12(2)5-7-14/h4-7,13H,3,8-11,16H2,1-2H3,(H,17,18). The zero-order valence-electron chi connectivity index (χ0n) is 11.4. The molecule has 3 N–H and O–H groups in total. The van der Waals surface area contributed by atoms with Gasteiger partial charge in [0.25, 0.3) is 0 Å². The Morgan fingerprint density at radius 3 is 2.56 bits per heavy atom. The van der Waals surface area contributed by atoms with Crippen LogP contribution >= 0.6 is 0 Å². The number of aryl methyl sites for hydroxylation is 1. The van der Waals surface area contributed by atoms with Crippen molar-refractivity contribution in [3.05, 3.63) is 35.4 Å². The van der Waals surface area contributed by atoms with Crippen molar-refractivity contribution in [3.63, 3.8) is 0 Å². The minimum atomic E-state index is 0.0920. The summed E-state index contributed by atoms with van der Waals surface area (Å²) < 4.78 is 0. The molecule has 0 saturated heterocycles. The maximum atomic E-state index is 11.8. The summed E-state index contributed by atoms with van der Waals surface area (Å²) >= 11 is 0. The van der Waals surface area contributed by atoms with Crippen LogP contribution in [0.3, 0.4) is 0 Å². The maximum absolute atomic E-state index is 11.8. The quantitative estimate of drug-likeness (QED) is 0.775. The fourth-order valence-corrected chi connectivity index (χ4v) is 1.90. The molecule has 1 aromatic rings. The third-order valence-electron chi connectivity index (χ3n) is 3.23. The summed E-state index contributed by atoms with van der Waals surface area (Å²) in [5.41, 5.74) is 7.81. The molecule has 1 amide bonds. The molecule has 100 valence electrons. The molecule has 3 nitrogen and oxygen atoms in total. The predicted molar refractivity (Wildman–Crippen MR) is 75.3 cm³/mol. The number of carbonyl (C=O) groups excluding carboxylic acids is 1. The van der Waals surface area contributed by atoms with E-state index >= 15 is 0 Å². The highest BCUT2D eigenvalue weighted by Crippen LogP contribution is 2.06. The van der Waals surface area contributed by atoms with E-state index in [1.807, 2.05) is 31.2 Å². The number of nitrogens with two attached hydrogens (primary N) is 1. The smallest absolute Gasteiger partial charge is 0.224 e. The monoisotopic (exact) mass is 248 g/mol. The lowest BCUT2D eigenvalue weighted by Crippen LogP contribution is -2.31. The summed E-state index contributed by atoms with van der Waals surface area (Å²) in [7, 11) is 0. The van der Waals surface area contributed by atoms with Crippen LogP contribution in [-0.2, 0) is 11.2 Å². The van der Waals surface area contributed by atoms with Gasteiger partial charge in [-0.25, -0.2) is 0 Å². The largest absolute Gasteiger partial charge is 0.356 e. The molecule has 1 rings (SSSR count). The van der Waals surface area contributed by atoms with Crippen molar-refractivity contribution >= 4 is 5.91 Å². The number of hydrogen-bond acceptors (Lipinski definition) is 2. The van der Waals surface area contributed by atoms with E-state index in [-0.39, 0.29) is 5.91 Å². The van der Waals surface area contributed by atoms with Gasteiger partial charge in [0, 0.05) is 6.54 Å². The molecule has 18 heavy (non-hydrogen) atoms. The van der Waals surface area contributed by atoms with E-state index in [1.165, 1.54) is 5.56 Å². The first kappa shape index (κ1) is 14.7. The van der Waals surface area contributed by atoms with Gasteiger partial charge in [-0.3, -0.25) is 4.79 Å². The second-order valence-corrected chi connectivity index (χ2v) is 4.82. The molecular weight excluding hydrogens is 224 g/mol. The van der Waals surface area contributed by atoms with Crippen LogP contribution in [0.5, 0.6) is 0 Å². The van der Waals surface area contributed by atoms with E-state index < -0.39 is 0 Å². The third-order valence-corrected chi connectivity index (χ3v) is 3.23. The molecule has 0 heterocycles. The average molecular weight is 248 g/mol. The fourth-order valence-electron chi connectivity index (χ4n) is 1.90. The van der Waals surface area contributed by atoms with Crippen LogP contribution in [0.2, 0.25) is 0 Å². The molecule has 1 aromatic carbocycles. The highest BCUT2D eigenvalue weighted by molar-refractivity contribution is 5.78. The van der Waals surface area contributed by atoms with Crippen LogP contribution in [-0.4, -0.2) is 19.0 Å². The lowest BCUT2D eigenvalue weighted by Gasteiger charge is -2.14. The van der Waals surface area contributed by atoms with Crippen LogP contribution in [0.15, 0.2) is 24.3 Å². The Morgan fingerprint density at radius 2 is 2.00 bits per heavy atom. The Labute approximate surface area is 110 Å². The van der Waals surface area contributed by atoms with E-state index in [9.17, 15) is 4.79 Å². The molecule has 0 aliphatic heterocycles. The van der Waals surface area contributed by atoms with Gasteiger partial charge in [0.15, 0.2) is 0 Å². The van der Waals surface area contributed by atoms with Crippen LogP contribution < -0.4 is 11.1 Å². The molecule has 0 aliphatic carbocycles. The van der Waals surface area contributed by atoms with Crippen LogP contribution in [0, 0.1) is 12.8 Å². The van der Waals surface area contributed by atoms with Gasteiger partial charge in [0.1, 0.15) is 0 Å². The molecule has 0 radical (unpaired) electrons. The lowest BCUT2D eigenvalue weighted by atomic mass is 10.0. The summed E-state index contributed by atoms with van der Waals surface area (Å²) in [6, 6.07) is 8.08. The van der Waals surface area contributed by atoms with E-state index in [1.54, 1.807) is 0 Å². The molecular formula is C15H24N2O. The van der Waals surface area contributed by atoms with Crippen molar-refractivity contribution in [1.29, 1.82) is 0 Å². The Morgan fingerprint density at radius 1 is 1.33 bits per heavy atom. The van der Waals surface area contributed by atoms with Gasteiger partial charge >= 0.3 is 0 Å². The minimum absolute atomic E-state index is 0.0920. The first-order valence-electron chi connectivity index (χ1n) is 6.68. The maximum Gasteiger partial charge on any atom is 0.224 e. The average Bonchev–Trinajstić information content (AvgIpc) is 2.37. The predicted octanol–water partition coefficient (Wildman–Crippen LogP) is 2.03. The van der Waals surface area contributed by atoms with Crippen LogP contribution in [0.1, 0.15) is 30.9 Å². The molecule has 3 heteroatoms. The van der Waals surface area contributed by atoms with Gasteiger partial charge in [-0.05, 0) is 31.4 Å². The van der Waals surface area contributed by atoms with Crippen molar-refractivity contribution in [2.24, 2.45) is 11.7 Å². The topological polar surface area (TPSA) is 55.1 Å². The number of hydrogen-bond donors (Lipinski definition) is 2. The highest BCUT2D eigenvalue weighted by Gasteiger charge is 2.08. The van der Waals surface area contributed by atoms with Gasteiger partial charge in [0.2, 0.25) is 5.91 Å². The summed E-state index contributed by atoms with van der Waals surface area (Å²) in [5, 5.41) is 2.99. The zero-order valence-corrected chi connectivity index (χ0v) is 11.4. The Balaban J connectivity index is 2.35. The SMILES string of the molecule is CCC(CCN)CNC(=O)Cc1ccc(C)cc1. The van der Waals surface area contributed by atoms with Gasteiger partial charge in [-0.15, -0.1) is 0 Å². The van der Waals surface area contributed by atoms with Gasteiger partial charge in [-0.1, -0.05) is 43.2 Å². The van der Waals surface area contributed by atoms with Gasteiger partial charge in [0.05, 0.1) is 6.42 Å². The molecule has 0 aliphatic rings. The summed E-state index contributed by atoms with van der Waals surface area (Å²) in [4.78, 5) is 11.8. The Hall–Kier alpha value is -1.35. The second kappa shape index (κ2) is 7.88. The summed E-state index contributed by atoms with van der Waals surface area (Å²) in [5.74, 6) is 0.589. The van der Waals surface area contributed by atoms with E-state index in [0.717, 1.165) is 24.9 Å². The molecule has 0 saturated carbocycles. The lowest BCUT2D eigenvalue weighted by molar-refractivity contribution is -0.120. The van der Waals surface area contributed by atoms with E-state index in [4.69, 9.17) is 5.73 Å². The number of benzene rings is 1. The van der Waals surface area contributed by atoms with Crippen molar-refractivity contribution in [2.75, 3.05) is 13.1 Å². The fraction of sp³-hybridized carbons (Fsp3) is 0.533. The second-order valence-electron chi connectivity index (χ2n) is 4.82. The molecule has 0 spiro atoms. The Kier molecular flexibility index (Phi) is 6.44. The van der Waals surface area contributed by atoms with E-state index in [2.05, 4.69) is 12.2 Å². The number of nitrogens with one attached hydrogen (secondary N) is 1. The van der Waals surface area contributed by atoms with Gasteiger partial charge in [-0.2, -0.15) is 0 Å². The normalized spacial score (nSPS) is 12.2. The van der Waals surface area contributed by atoms with Crippen LogP contribution in [0.25, 0.3) is 0 Å². The number of amides is 1. The molecule has 0 aromatic heterocycles. The molecule has 0 bridgehead atoms. The molecule has 1 atom stereocenters. The minimum Gasteiger partial charge on any atom is -0.356 e. The van der Waals surface area contributed by atoms with Gasteiger partial charge < -0.3 is 11.1 Å². The highest BCUT2D eigenvalue weighted by atomic mass is 16.1. The number of carbonyl (C=O) groups is 1. The third kappa shape index (κ3) is 5.32. The molecule has 0 fully saturated rings. The van der Waals surface area contributed by atoms with Crippen LogP contribution in [0.4, 0.5) is 0 Å². The van der Waals surface area contributed by atoms with Crippen molar-refractivity contribution < 1.29 is 4.79 Å². The number of rotatable bonds is 7.